The third kappa shape index (κ3) is 14.6. The van der Waals surface area contributed by atoms with Gasteiger partial charge in [0.05, 0.1) is 25.9 Å². The number of methoxy groups -OCH3 is 2. The lowest BCUT2D eigenvalue weighted by Gasteiger charge is -2.33. The summed E-state index contributed by atoms with van der Waals surface area (Å²) in [5.74, 6) is 0.288. The predicted molar refractivity (Wildman–Crippen MR) is 180 cm³/mol. The Morgan fingerprint density at radius 2 is 1.57 bits per heavy atom. The minimum atomic E-state index is -1.05. The Bertz CT molecular complexity index is 1090. The normalized spacial score (nSPS) is 15.0. The minimum Gasteiger partial charge on any atom is -0.493 e. The summed E-state index contributed by atoms with van der Waals surface area (Å²) in [5.41, 5.74) is 0.306. The lowest BCUT2D eigenvalue weighted by Crippen LogP contribution is -2.50. The van der Waals surface area contributed by atoms with Crippen LogP contribution in [-0.2, 0) is 25.5 Å². The fraction of sp³-hybridized carbons (Fsp3) is 0.743. The molecule has 0 bridgehead atoms. The summed E-state index contributed by atoms with van der Waals surface area (Å²) >= 11 is 0. The maximum Gasteiger partial charge on any atom is 0.407 e. The van der Waals surface area contributed by atoms with Gasteiger partial charge in [-0.15, -0.1) is 0 Å². The van der Waals surface area contributed by atoms with E-state index in [-0.39, 0.29) is 36.0 Å². The second-order valence-electron chi connectivity index (χ2n) is 14.0. The lowest BCUT2D eigenvalue weighted by molar-refractivity contribution is -0.136. The minimum absolute atomic E-state index is 0.0494. The number of aliphatic hydroxyl groups excluding tert-OH is 1. The summed E-state index contributed by atoms with van der Waals surface area (Å²) in [4.78, 5) is 40.1. The molecule has 1 aromatic carbocycles. The first-order chi connectivity index (χ1) is 21.4. The molecule has 0 saturated heterocycles. The maximum atomic E-state index is 13.3. The van der Waals surface area contributed by atoms with Gasteiger partial charge in [-0.2, -0.15) is 0 Å². The van der Waals surface area contributed by atoms with Crippen molar-refractivity contribution in [2.75, 3.05) is 41.5 Å². The molecule has 0 radical (unpaired) electrons. The van der Waals surface area contributed by atoms with Crippen molar-refractivity contribution in [2.24, 2.45) is 23.7 Å². The number of aliphatic hydroxyl groups is 1. The summed E-state index contributed by atoms with van der Waals surface area (Å²) < 4.78 is 22.2. The zero-order chi connectivity index (χ0) is 35.2. The van der Waals surface area contributed by atoms with Crippen LogP contribution < -0.4 is 20.1 Å². The van der Waals surface area contributed by atoms with Crippen LogP contribution in [0.15, 0.2) is 18.2 Å². The van der Waals surface area contributed by atoms with Gasteiger partial charge in [0, 0.05) is 40.2 Å². The average Bonchev–Trinajstić information content (AvgIpc) is 2.95. The molecule has 264 valence electrons. The van der Waals surface area contributed by atoms with Crippen LogP contribution >= 0.6 is 0 Å². The van der Waals surface area contributed by atoms with Gasteiger partial charge in [-0.25, -0.2) is 4.79 Å². The van der Waals surface area contributed by atoms with Gasteiger partial charge in [0.2, 0.25) is 11.8 Å². The molecule has 0 aliphatic rings. The number of amides is 3. The highest BCUT2D eigenvalue weighted by molar-refractivity contribution is 5.88. The van der Waals surface area contributed by atoms with Crippen LogP contribution in [0.5, 0.6) is 11.5 Å². The summed E-state index contributed by atoms with van der Waals surface area (Å²) in [6, 6.07) is 4.46. The average molecular weight is 652 g/mol. The molecule has 1 rings (SSSR count). The number of likely N-dealkylation sites (N-methyl/N-ethyl adjacent to an activating group) is 1. The standard InChI is InChI=1S/C35H61N3O8/c1-22(2)26(18-25-14-15-30(44-12)31(19-25)45-17-13-16-43-11)20-28(37-34(42)46-35(6,7)8)29(39)21-27(23(3)4)32(40)36-24(5)33(41)38(9)10/h14-15,19,22-24,26-29,39H,13,16-18,20-21H2,1-12H3,(H,36,40)(H,37,42)/t24-,26-,27-,28-,29-/m0/s1. The Morgan fingerprint density at radius 3 is 2.09 bits per heavy atom. The summed E-state index contributed by atoms with van der Waals surface area (Å²) in [5, 5.41) is 17.3. The zero-order valence-electron chi connectivity index (χ0n) is 30.3. The molecule has 3 amide bonds. The van der Waals surface area contributed by atoms with Crippen molar-refractivity contribution in [3.63, 3.8) is 0 Å². The van der Waals surface area contributed by atoms with E-state index in [4.69, 9.17) is 18.9 Å². The third-order valence-electron chi connectivity index (χ3n) is 7.95. The van der Waals surface area contributed by atoms with E-state index in [1.807, 2.05) is 32.0 Å². The maximum absolute atomic E-state index is 13.3. The van der Waals surface area contributed by atoms with E-state index in [9.17, 15) is 19.5 Å². The Kier molecular flexibility index (Phi) is 17.4. The number of alkyl carbamates (subject to hydrolysis) is 1. The predicted octanol–water partition coefficient (Wildman–Crippen LogP) is 4.82. The Labute approximate surface area is 277 Å². The largest absolute Gasteiger partial charge is 0.493 e. The smallest absolute Gasteiger partial charge is 0.407 e. The zero-order valence-corrected chi connectivity index (χ0v) is 30.3. The van der Waals surface area contributed by atoms with Crippen LogP contribution in [-0.4, -0.2) is 93.2 Å². The Morgan fingerprint density at radius 1 is 0.913 bits per heavy atom. The molecule has 3 N–H and O–H groups in total. The van der Waals surface area contributed by atoms with Gasteiger partial charge in [-0.1, -0.05) is 33.8 Å². The molecular weight excluding hydrogens is 590 g/mol. The number of benzene rings is 1. The molecule has 11 nitrogen and oxygen atoms in total. The molecule has 0 aliphatic carbocycles. The van der Waals surface area contributed by atoms with Crippen molar-refractivity contribution in [3.8, 4) is 11.5 Å². The first-order valence-corrected chi connectivity index (χ1v) is 16.4. The van der Waals surface area contributed by atoms with E-state index < -0.39 is 35.8 Å². The van der Waals surface area contributed by atoms with Crippen LogP contribution in [0.2, 0.25) is 0 Å². The van der Waals surface area contributed by atoms with Crippen LogP contribution in [0.3, 0.4) is 0 Å². The number of hydrogen-bond acceptors (Lipinski definition) is 8. The molecular formula is C35H61N3O8. The van der Waals surface area contributed by atoms with Crippen LogP contribution in [0, 0.1) is 23.7 Å². The molecule has 0 saturated carbocycles. The summed E-state index contributed by atoms with van der Waals surface area (Å²) in [6.45, 7) is 16.1. The van der Waals surface area contributed by atoms with E-state index in [2.05, 4.69) is 24.5 Å². The van der Waals surface area contributed by atoms with E-state index in [1.54, 1.807) is 56.0 Å². The number of carbonyl (C=O) groups excluding carboxylic acids is 3. The van der Waals surface area contributed by atoms with Crippen molar-refractivity contribution in [1.29, 1.82) is 0 Å². The number of hydrogen-bond donors (Lipinski definition) is 3. The molecule has 46 heavy (non-hydrogen) atoms. The summed E-state index contributed by atoms with van der Waals surface area (Å²) in [6.07, 6.45) is 0.256. The molecule has 0 aliphatic heterocycles. The van der Waals surface area contributed by atoms with Crippen molar-refractivity contribution in [3.05, 3.63) is 23.8 Å². The summed E-state index contributed by atoms with van der Waals surface area (Å²) in [7, 11) is 6.53. The first-order valence-electron chi connectivity index (χ1n) is 16.4. The molecule has 0 fully saturated rings. The van der Waals surface area contributed by atoms with Gasteiger partial charge in [-0.05, 0) is 82.4 Å². The van der Waals surface area contributed by atoms with Gasteiger partial charge >= 0.3 is 6.09 Å². The van der Waals surface area contributed by atoms with Crippen LogP contribution in [0.4, 0.5) is 4.79 Å². The number of rotatable bonds is 19. The van der Waals surface area contributed by atoms with E-state index >= 15 is 0 Å². The molecule has 5 atom stereocenters. The molecule has 0 unspecified atom stereocenters. The van der Waals surface area contributed by atoms with Crippen molar-refractivity contribution in [2.45, 2.75) is 105 Å². The molecule has 0 aromatic heterocycles. The topological polar surface area (TPSA) is 136 Å². The van der Waals surface area contributed by atoms with Gasteiger partial charge in [0.25, 0.3) is 0 Å². The Hall–Kier alpha value is -3.05. The van der Waals surface area contributed by atoms with Gasteiger partial charge in [0.15, 0.2) is 11.5 Å². The number of ether oxygens (including phenoxy) is 4. The van der Waals surface area contributed by atoms with E-state index in [1.165, 1.54) is 4.90 Å². The second-order valence-corrected chi connectivity index (χ2v) is 14.0. The van der Waals surface area contributed by atoms with Crippen molar-refractivity contribution >= 4 is 17.9 Å². The third-order valence-corrected chi connectivity index (χ3v) is 7.95. The molecule has 0 heterocycles. The van der Waals surface area contributed by atoms with Crippen LogP contribution in [0.25, 0.3) is 0 Å². The van der Waals surface area contributed by atoms with Gasteiger partial charge < -0.3 is 39.6 Å². The number of nitrogens with zero attached hydrogens (tertiary/aromatic N) is 1. The van der Waals surface area contributed by atoms with Crippen LogP contribution in [0.1, 0.15) is 80.2 Å². The molecule has 11 heteroatoms. The lowest BCUT2D eigenvalue weighted by atomic mass is 9.80. The van der Waals surface area contributed by atoms with Crippen molar-refractivity contribution < 1.29 is 38.4 Å². The van der Waals surface area contributed by atoms with E-state index in [0.29, 0.717) is 37.6 Å². The molecule has 0 spiro atoms. The quantitative estimate of drug-likeness (QED) is 0.181. The first kappa shape index (κ1) is 41.0. The second kappa shape index (κ2) is 19.6. The number of carbonyl (C=O) groups is 3. The Balaban J connectivity index is 3.28. The molecule has 1 aromatic rings. The number of nitrogens with one attached hydrogen (secondary N) is 2. The SMILES string of the molecule is COCCCOc1cc(C[C@@H](C[C@H](NC(=O)OC(C)(C)C)[C@@H](O)C[C@H](C(=O)N[C@@H](C)C(=O)N(C)C)C(C)C)C(C)C)ccc1OC. The van der Waals surface area contributed by atoms with Crippen molar-refractivity contribution in [1.82, 2.24) is 15.5 Å². The van der Waals surface area contributed by atoms with Gasteiger partial charge in [-0.3, -0.25) is 9.59 Å². The van der Waals surface area contributed by atoms with Gasteiger partial charge in [0.1, 0.15) is 11.6 Å². The highest BCUT2D eigenvalue weighted by atomic mass is 16.6. The van der Waals surface area contributed by atoms with E-state index in [0.717, 1.165) is 12.0 Å². The fourth-order valence-corrected chi connectivity index (χ4v) is 5.21. The highest BCUT2D eigenvalue weighted by Gasteiger charge is 2.34. The monoisotopic (exact) mass is 651 g/mol. The fourth-order valence-electron chi connectivity index (χ4n) is 5.21. The highest BCUT2D eigenvalue weighted by Crippen LogP contribution is 2.32.